The molecule has 2 heterocycles. The zero-order chi connectivity index (χ0) is 30.0. The van der Waals surface area contributed by atoms with Crippen LogP contribution in [0.5, 0.6) is 0 Å². The maximum atomic E-state index is 14.1. The van der Waals surface area contributed by atoms with Crippen LogP contribution in [0.1, 0.15) is 29.2 Å². The summed E-state index contributed by atoms with van der Waals surface area (Å²) in [6.07, 6.45) is -1.59. The fourth-order valence-electron chi connectivity index (χ4n) is 6.38. The topological polar surface area (TPSA) is 123 Å². The number of hydrogen-bond acceptors (Lipinski definition) is 7. The van der Waals surface area contributed by atoms with Crippen LogP contribution in [0.3, 0.4) is 0 Å². The normalized spacial score (nSPS) is 21.5. The summed E-state index contributed by atoms with van der Waals surface area (Å²) in [5.41, 5.74) is -3.31. The molecule has 1 aliphatic heterocycles. The molecule has 0 saturated carbocycles. The largest absolute Gasteiger partial charge is 0.394 e. The van der Waals surface area contributed by atoms with E-state index in [0.29, 0.717) is 16.7 Å². The summed E-state index contributed by atoms with van der Waals surface area (Å²) in [5, 5.41) is 22.4. The average Bonchev–Trinajstić information content (AvgIpc) is 3.29. The van der Waals surface area contributed by atoms with E-state index in [1.54, 1.807) is 6.92 Å². The Labute approximate surface area is 243 Å². The molecule has 0 radical (unpaired) electrons. The van der Waals surface area contributed by atoms with Gasteiger partial charge in [0.05, 0.1) is 12.0 Å². The fourth-order valence-corrected chi connectivity index (χ4v) is 6.38. The molecule has 0 aliphatic carbocycles. The van der Waals surface area contributed by atoms with Crippen molar-refractivity contribution in [3.8, 4) is 11.8 Å². The Morgan fingerprint density at radius 2 is 1.38 bits per heavy atom. The lowest BCUT2D eigenvalue weighted by atomic mass is 9.59. The first-order chi connectivity index (χ1) is 20.4. The molecular formula is C33H32N2O7. The molecule has 0 amide bonds. The molecule has 3 aromatic carbocycles. The van der Waals surface area contributed by atoms with Crippen LogP contribution in [0.2, 0.25) is 0 Å². The first-order valence-electron chi connectivity index (χ1n) is 13.4. The second-order valence-corrected chi connectivity index (χ2v) is 9.90. The van der Waals surface area contributed by atoms with E-state index >= 15 is 0 Å². The van der Waals surface area contributed by atoms with Gasteiger partial charge in [-0.2, -0.15) is 0 Å². The van der Waals surface area contributed by atoms with Crippen molar-refractivity contribution in [3.05, 3.63) is 140 Å². The second kappa shape index (κ2) is 11.5. The van der Waals surface area contributed by atoms with Crippen LogP contribution in [0.4, 0.5) is 0 Å². The van der Waals surface area contributed by atoms with Gasteiger partial charge in [-0.1, -0.05) is 96.9 Å². The van der Waals surface area contributed by atoms with Gasteiger partial charge in [0.25, 0.3) is 5.56 Å². The molecule has 3 atom stereocenters. The second-order valence-electron chi connectivity index (χ2n) is 9.90. The van der Waals surface area contributed by atoms with E-state index in [4.69, 9.17) is 14.2 Å². The van der Waals surface area contributed by atoms with E-state index in [2.05, 4.69) is 16.8 Å². The van der Waals surface area contributed by atoms with Gasteiger partial charge in [0.2, 0.25) is 11.5 Å². The molecule has 1 saturated heterocycles. The molecule has 9 nitrogen and oxygen atoms in total. The zero-order valence-corrected chi connectivity index (χ0v) is 23.5. The Kier molecular flexibility index (Phi) is 8.01. The van der Waals surface area contributed by atoms with Crippen LogP contribution in [0, 0.1) is 11.8 Å². The van der Waals surface area contributed by atoms with Gasteiger partial charge in [-0.05, 0) is 23.6 Å². The molecule has 9 heteroatoms. The minimum absolute atomic E-state index is 0.0220. The first-order valence-corrected chi connectivity index (χ1v) is 13.4. The molecule has 1 aromatic heterocycles. The van der Waals surface area contributed by atoms with Crippen LogP contribution in [-0.2, 0) is 25.4 Å². The maximum absolute atomic E-state index is 14.1. The van der Waals surface area contributed by atoms with Crippen LogP contribution < -0.4 is 11.2 Å². The van der Waals surface area contributed by atoms with Gasteiger partial charge in [-0.25, -0.2) is 4.79 Å². The van der Waals surface area contributed by atoms with Crippen LogP contribution in [0.25, 0.3) is 0 Å². The van der Waals surface area contributed by atoms with Crippen molar-refractivity contribution in [2.75, 3.05) is 20.8 Å². The van der Waals surface area contributed by atoms with E-state index < -0.39 is 47.0 Å². The van der Waals surface area contributed by atoms with Crippen molar-refractivity contribution in [1.82, 2.24) is 9.55 Å². The lowest BCUT2D eigenvalue weighted by molar-refractivity contribution is -0.339. The summed E-state index contributed by atoms with van der Waals surface area (Å²) < 4.78 is 20.2. The van der Waals surface area contributed by atoms with E-state index in [1.165, 1.54) is 25.0 Å². The van der Waals surface area contributed by atoms with Crippen LogP contribution in [-0.4, -0.2) is 58.6 Å². The molecule has 1 aliphatic rings. The molecular weight excluding hydrogens is 536 g/mol. The number of rotatable bonds is 8. The number of benzene rings is 3. The maximum Gasteiger partial charge on any atom is 0.330 e. The van der Waals surface area contributed by atoms with Gasteiger partial charge in [0, 0.05) is 20.4 Å². The molecule has 5 rings (SSSR count). The van der Waals surface area contributed by atoms with Crippen molar-refractivity contribution in [3.63, 3.8) is 0 Å². The zero-order valence-electron chi connectivity index (χ0n) is 23.5. The number of methoxy groups -OCH3 is 2. The van der Waals surface area contributed by atoms with Gasteiger partial charge in [0.1, 0.15) is 17.8 Å². The number of nitrogens with one attached hydrogen (secondary N) is 1. The third-order valence-corrected chi connectivity index (χ3v) is 7.99. The monoisotopic (exact) mass is 568 g/mol. The quantitative estimate of drug-likeness (QED) is 0.169. The molecule has 0 spiro atoms. The Bertz CT molecular complexity index is 1610. The summed E-state index contributed by atoms with van der Waals surface area (Å²) >= 11 is 0. The summed E-state index contributed by atoms with van der Waals surface area (Å²) in [6, 6.07) is 28.0. The van der Waals surface area contributed by atoms with Gasteiger partial charge >= 0.3 is 5.69 Å². The number of nitrogens with zero attached hydrogens (tertiary/aromatic N) is 1. The lowest BCUT2D eigenvalue weighted by Gasteiger charge is -2.55. The highest BCUT2D eigenvalue weighted by atomic mass is 16.7. The van der Waals surface area contributed by atoms with Crippen LogP contribution in [0.15, 0.2) is 107 Å². The van der Waals surface area contributed by atoms with Crippen molar-refractivity contribution in [1.29, 1.82) is 0 Å². The number of aromatic nitrogens is 2. The first kappa shape index (κ1) is 29.2. The van der Waals surface area contributed by atoms with E-state index in [1.807, 2.05) is 91.0 Å². The third-order valence-electron chi connectivity index (χ3n) is 7.99. The SMILES string of the molecule is CC#Cc1cn([C@]2(C(c3ccccc3)(c3ccccc3)c3ccccc3)O[C@H](CO)[C@@H](O)C2(OC)OC)c(=O)[nH]c1=O. The summed E-state index contributed by atoms with van der Waals surface area (Å²) in [7, 11) is 2.67. The Morgan fingerprint density at radius 3 is 1.79 bits per heavy atom. The molecule has 0 unspecified atom stereocenters. The Hall–Kier alpha value is -4.30. The number of aromatic amines is 1. The highest BCUT2D eigenvalue weighted by molar-refractivity contribution is 5.55. The van der Waals surface area contributed by atoms with E-state index in [-0.39, 0.29) is 5.56 Å². The highest BCUT2D eigenvalue weighted by Crippen LogP contribution is 2.61. The standard InChI is InChI=1S/C33H32N2O7/c1-4-14-23-21-35(30(39)34-29(23)38)33(32(40-2,41-3)28(37)27(22-36)42-33)31(24-15-8-5-9-16-24,25-17-10-6-11-18-25)26-19-12-7-13-20-26/h5-13,15-21,27-28,36-37H,22H2,1-3H3,(H,34,38,39)/t27-,28-,33-/m1/s1. The fraction of sp³-hybridized carbons (Fsp3) is 0.273. The Morgan fingerprint density at radius 1 is 0.905 bits per heavy atom. The van der Waals surface area contributed by atoms with Gasteiger partial charge < -0.3 is 24.4 Å². The molecule has 0 bridgehead atoms. The number of hydrogen-bond donors (Lipinski definition) is 3. The minimum atomic E-state index is -2.15. The van der Waals surface area contributed by atoms with Crippen LogP contribution >= 0.6 is 0 Å². The van der Waals surface area contributed by atoms with Crippen molar-refractivity contribution >= 4 is 0 Å². The third kappa shape index (κ3) is 4.00. The predicted octanol–water partition coefficient (Wildman–Crippen LogP) is 2.34. The molecule has 3 N–H and O–H groups in total. The summed E-state index contributed by atoms with van der Waals surface area (Å²) in [6.45, 7) is 0.935. The van der Waals surface area contributed by atoms with Gasteiger partial charge in [0.15, 0.2) is 0 Å². The highest BCUT2D eigenvalue weighted by Gasteiger charge is 2.78. The van der Waals surface area contributed by atoms with Crippen molar-refractivity contribution in [2.24, 2.45) is 0 Å². The number of aliphatic hydroxyl groups is 2. The van der Waals surface area contributed by atoms with E-state index in [0.717, 1.165) is 0 Å². The van der Waals surface area contributed by atoms with E-state index in [9.17, 15) is 19.8 Å². The summed E-state index contributed by atoms with van der Waals surface area (Å²) in [5.74, 6) is 3.32. The number of ether oxygens (including phenoxy) is 3. The lowest BCUT2D eigenvalue weighted by Crippen LogP contribution is -2.71. The predicted molar refractivity (Wildman–Crippen MR) is 156 cm³/mol. The molecule has 216 valence electrons. The average molecular weight is 569 g/mol. The number of H-pyrrole nitrogens is 1. The van der Waals surface area contributed by atoms with Crippen molar-refractivity contribution in [2.45, 2.75) is 36.1 Å². The molecule has 4 aromatic rings. The van der Waals surface area contributed by atoms with Gasteiger partial charge in [-0.3, -0.25) is 14.3 Å². The van der Waals surface area contributed by atoms with Crippen molar-refractivity contribution < 1.29 is 24.4 Å². The summed E-state index contributed by atoms with van der Waals surface area (Å²) in [4.78, 5) is 29.3. The number of aliphatic hydroxyl groups excluding tert-OH is 2. The molecule has 42 heavy (non-hydrogen) atoms. The minimum Gasteiger partial charge on any atom is -0.394 e. The molecule has 1 fully saturated rings. The Balaban J connectivity index is 2.14. The van der Waals surface area contributed by atoms with Gasteiger partial charge in [-0.15, -0.1) is 5.92 Å². The smallest absolute Gasteiger partial charge is 0.330 e.